The first-order chi connectivity index (χ1) is 8.60. The first kappa shape index (κ1) is 12.2. The summed E-state index contributed by atoms with van der Waals surface area (Å²) in [5.74, 6) is 1.22. The molecule has 94 valence electrons. The third kappa shape index (κ3) is 2.51. The predicted octanol–water partition coefficient (Wildman–Crippen LogP) is 1.73. The van der Waals surface area contributed by atoms with Gasteiger partial charge in [0.25, 0.3) is 5.56 Å². The zero-order valence-corrected chi connectivity index (χ0v) is 10.4. The summed E-state index contributed by atoms with van der Waals surface area (Å²) in [7, 11) is 0. The van der Waals surface area contributed by atoms with Gasteiger partial charge in [0.05, 0.1) is 18.0 Å². The maximum atomic E-state index is 11.4. The van der Waals surface area contributed by atoms with Crippen molar-refractivity contribution in [2.24, 2.45) is 0 Å². The van der Waals surface area contributed by atoms with Gasteiger partial charge >= 0.3 is 0 Å². The second kappa shape index (κ2) is 4.91. The van der Waals surface area contributed by atoms with Crippen molar-refractivity contribution in [2.75, 3.05) is 12.3 Å². The van der Waals surface area contributed by atoms with Crippen LogP contribution in [0.25, 0.3) is 11.3 Å². The fraction of sp³-hybridized carbons (Fsp3) is 0.231. The van der Waals surface area contributed by atoms with Gasteiger partial charge in [-0.3, -0.25) is 4.79 Å². The second-order valence-corrected chi connectivity index (χ2v) is 3.90. The molecule has 5 nitrogen and oxygen atoms in total. The van der Waals surface area contributed by atoms with E-state index in [1.165, 1.54) is 6.07 Å². The molecule has 0 saturated heterocycles. The van der Waals surface area contributed by atoms with E-state index in [4.69, 9.17) is 10.5 Å². The van der Waals surface area contributed by atoms with Gasteiger partial charge in [-0.25, -0.2) is 4.98 Å². The van der Waals surface area contributed by atoms with Crippen molar-refractivity contribution in [1.29, 1.82) is 0 Å². The maximum absolute atomic E-state index is 11.4. The lowest BCUT2D eigenvalue weighted by atomic mass is 10.1. The second-order valence-electron chi connectivity index (χ2n) is 3.90. The fourth-order valence-electron chi connectivity index (χ4n) is 1.72. The Hall–Kier alpha value is -2.30. The number of benzene rings is 1. The smallest absolute Gasteiger partial charge is 0.251 e. The van der Waals surface area contributed by atoms with E-state index in [1.54, 1.807) is 19.1 Å². The minimum Gasteiger partial charge on any atom is -0.492 e. The van der Waals surface area contributed by atoms with Crippen LogP contribution in [0.1, 0.15) is 12.7 Å². The molecule has 0 unspecified atom stereocenters. The molecule has 0 atom stereocenters. The predicted molar refractivity (Wildman–Crippen MR) is 70.6 cm³/mol. The number of aromatic nitrogens is 2. The van der Waals surface area contributed by atoms with Crippen LogP contribution in [0.4, 0.5) is 5.69 Å². The molecule has 0 aliphatic carbocycles. The lowest BCUT2D eigenvalue weighted by molar-refractivity contribution is 0.342. The van der Waals surface area contributed by atoms with Gasteiger partial charge in [-0.15, -0.1) is 0 Å². The van der Waals surface area contributed by atoms with Crippen LogP contribution in [0.3, 0.4) is 0 Å². The van der Waals surface area contributed by atoms with Crippen molar-refractivity contribution in [3.05, 3.63) is 40.4 Å². The average molecular weight is 245 g/mol. The van der Waals surface area contributed by atoms with Gasteiger partial charge in [0.15, 0.2) is 0 Å². The SMILES string of the molecule is CCOc1ccc(-c2cc(=O)[nH]c(C)n2)cc1N. The monoisotopic (exact) mass is 245 g/mol. The molecular weight excluding hydrogens is 230 g/mol. The Morgan fingerprint density at radius 2 is 2.17 bits per heavy atom. The number of H-pyrrole nitrogens is 1. The van der Waals surface area contributed by atoms with Crippen LogP contribution >= 0.6 is 0 Å². The van der Waals surface area contributed by atoms with Crippen LogP contribution in [0.2, 0.25) is 0 Å². The molecule has 3 N–H and O–H groups in total. The Bertz CT molecular complexity index is 620. The van der Waals surface area contributed by atoms with E-state index in [1.807, 2.05) is 13.0 Å². The average Bonchev–Trinajstić information content (AvgIpc) is 2.30. The maximum Gasteiger partial charge on any atom is 0.251 e. The van der Waals surface area contributed by atoms with Gasteiger partial charge in [-0.2, -0.15) is 0 Å². The lowest BCUT2D eigenvalue weighted by Gasteiger charge is -2.08. The van der Waals surface area contributed by atoms with Crippen molar-refractivity contribution in [3.8, 4) is 17.0 Å². The summed E-state index contributed by atoms with van der Waals surface area (Å²) in [6, 6.07) is 6.82. The summed E-state index contributed by atoms with van der Waals surface area (Å²) in [5, 5.41) is 0. The van der Waals surface area contributed by atoms with Crippen molar-refractivity contribution in [3.63, 3.8) is 0 Å². The number of nitrogens with one attached hydrogen (secondary N) is 1. The topological polar surface area (TPSA) is 81.0 Å². The summed E-state index contributed by atoms with van der Waals surface area (Å²) >= 11 is 0. The van der Waals surface area contributed by atoms with Gasteiger partial charge < -0.3 is 15.5 Å². The molecule has 2 rings (SSSR count). The Balaban J connectivity index is 2.45. The first-order valence-corrected chi connectivity index (χ1v) is 5.71. The third-order valence-electron chi connectivity index (χ3n) is 2.47. The molecule has 0 radical (unpaired) electrons. The van der Waals surface area contributed by atoms with Crippen LogP contribution < -0.4 is 16.0 Å². The van der Waals surface area contributed by atoms with Crippen LogP contribution in [0, 0.1) is 6.92 Å². The zero-order valence-electron chi connectivity index (χ0n) is 10.4. The normalized spacial score (nSPS) is 10.3. The van der Waals surface area contributed by atoms with Gasteiger partial charge in [0, 0.05) is 11.6 Å². The number of aryl methyl sites for hydroxylation is 1. The largest absolute Gasteiger partial charge is 0.492 e. The fourth-order valence-corrected chi connectivity index (χ4v) is 1.72. The molecule has 2 aromatic rings. The molecule has 5 heteroatoms. The molecular formula is C13H15N3O2. The van der Waals surface area contributed by atoms with E-state index in [0.29, 0.717) is 29.6 Å². The van der Waals surface area contributed by atoms with Crippen LogP contribution in [-0.2, 0) is 0 Å². The molecule has 0 bridgehead atoms. The summed E-state index contributed by atoms with van der Waals surface area (Å²) in [4.78, 5) is 18.3. The van der Waals surface area contributed by atoms with Crippen LogP contribution in [0.15, 0.2) is 29.1 Å². The molecule has 0 fully saturated rings. The molecule has 1 aromatic carbocycles. The minimum atomic E-state index is -0.176. The van der Waals surface area contributed by atoms with Crippen molar-refractivity contribution < 1.29 is 4.74 Å². The van der Waals surface area contributed by atoms with Gasteiger partial charge in [0.2, 0.25) is 0 Å². The third-order valence-corrected chi connectivity index (χ3v) is 2.47. The minimum absolute atomic E-state index is 0.176. The van der Waals surface area contributed by atoms with Crippen molar-refractivity contribution in [2.45, 2.75) is 13.8 Å². The molecule has 0 aliphatic heterocycles. The highest BCUT2D eigenvalue weighted by molar-refractivity contribution is 5.68. The molecule has 0 saturated carbocycles. The number of anilines is 1. The Morgan fingerprint density at radius 1 is 1.39 bits per heavy atom. The highest BCUT2D eigenvalue weighted by Crippen LogP contribution is 2.27. The highest BCUT2D eigenvalue weighted by Gasteiger charge is 2.06. The van der Waals surface area contributed by atoms with E-state index in [2.05, 4.69) is 9.97 Å². The number of nitrogen functional groups attached to an aromatic ring is 1. The number of hydrogen-bond donors (Lipinski definition) is 2. The quantitative estimate of drug-likeness (QED) is 0.807. The number of aromatic amines is 1. The van der Waals surface area contributed by atoms with E-state index < -0.39 is 0 Å². The summed E-state index contributed by atoms with van der Waals surface area (Å²) in [6.45, 7) is 4.20. The van der Waals surface area contributed by atoms with E-state index in [9.17, 15) is 4.79 Å². The number of hydrogen-bond acceptors (Lipinski definition) is 4. The molecule has 0 aliphatic rings. The van der Waals surface area contributed by atoms with Crippen molar-refractivity contribution >= 4 is 5.69 Å². The lowest BCUT2D eigenvalue weighted by Crippen LogP contribution is -2.08. The number of nitrogens with two attached hydrogens (primary N) is 1. The zero-order chi connectivity index (χ0) is 13.1. The molecule has 0 spiro atoms. The molecule has 1 heterocycles. The Kier molecular flexibility index (Phi) is 3.32. The Labute approximate surface area is 105 Å². The van der Waals surface area contributed by atoms with Gasteiger partial charge in [-0.05, 0) is 32.0 Å². The van der Waals surface area contributed by atoms with Crippen molar-refractivity contribution in [1.82, 2.24) is 9.97 Å². The summed E-state index contributed by atoms with van der Waals surface area (Å²) in [6.07, 6.45) is 0. The summed E-state index contributed by atoms with van der Waals surface area (Å²) < 4.78 is 5.36. The summed E-state index contributed by atoms with van der Waals surface area (Å²) in [5.41, 5.74) is 7.64. The van der Waals surface area contributed by atoms with Crippen LogP contribution in [-0.4, -0.2) is 16.6 Å². The van der Waals surface area contributed by atoms with E-state index >= 15 is 0 Å². The van der Waals surface area contributed by atoms with Gasteiger partial charge in [0.1, 0.15) is 11.6 Å². The number of nitrogens with zero attached hydrogens (tertiary/aromatic N) is 1. The molecule has 18 heavy (non-hydrogen) atoms. The van der Waals surface area contributed by atoms with Gasteiger partial charge in [-0.1, -0.05) is 0 Å². The Morgan fingerprint density at radius 3 is 2.78 bits per heavy atom. The number of ether oxygens (including phenoxy) is 1. The van der Waals surface area contributed by atoms with Crippen LogP contribution in [0.5, 0.6) is 5.75 Å². The number of rotatable bonds is 3. The van der Waals surface area contributed by atoms with E-state index in [0.717, 1.165) is 5.56 Å². The molecule has 1 aromatic heterocycles. The molecule has 0 amide bonds. The first-order valence-electron chi connectivity index (χ1n) is 5.71. The highest BCUT2D eigenvalue weighted by atomic mass is 16.5. The van der Waals surface area contributed by atoms with E-state index in [-0.39, 0.29) is 5.56 Å². The standard InChI is InChI=1S/C13H15N3O2/c1-3-18-12-5-4-9(6-10(12)14)11-7-13(17)16-8(2)15-11/h4-7H,3,14H2,1-2H3,(H,15,16,17).